The molecule has 0 aromatic carbocycles. The van der Waals surface area contributed by atoms with Gasteiger partial charge in [0.1, 0.15) is 11.6 Å². The van der Waals surface area contributed by atoms with E-state index in [1.807, 2.05) is 4.90 Å². The molecule has 4 nitrogen and oxygen atoms in total. The molecule has 1 N–H and O–H groups in total. The molecule has 2 heterocycles. The van der Waals surface area contributed by atoms with Crippen LogP contribution in [0.5, 0.6) is 0 Å². The molecule has 2 rings (SSSR count). The van der Waals surface area contributed by atoms with Gasteiger partial charge in [0.25, 0.3) is 0 Å². The van der Waals surface area contributed by atoms with E-state index < -0.39 is 11.7 Å². The van der Waals surface area contributed by atoms with Crippen molar-refractivity contribution in [3.05, 3.63) is 17.7 Å². The Morgan fingerprint density at radius 3 is 2.45 bits per heavy atom. The molecule has 1 fully saturated rings. The fourth-order valence-electron chi connectivity index (χ4n) is 2.29. The predicted octanol–water partition coefficient (Wildman–Crippen LogP) is 2.76. The number of nitrogens with zero attached hydrogens (tertiary/aromatic N) is 2. The SMILES string of the molecule is CNc1cc(C(F)(F)F)cc(N2CCC(OC)CC2)n1. The number of methoxy groups -OCH3 is 1. The van der Waals surface area contributed by atoms with Crippen LogP contribution < -0.4 is 10.2 Å². The van der Waals surface area contributed by atoms with Gasteiger partial charge < -0.3 is 15.0 Å². The first-order valence-electron chi connectivity index (χ1n) is 6.49. The first kappa shape index (κ1) is 14.9. The molecule has 1 aromatic rings. The number of anilines is 2. The molecule has 0 aliphatic carbocycles. The monoisotopic (exact) mass is 289 g/mol. The lowest BCUT2D eigenvalue weighted by Crippen LogP contribution is -2.37. The molecule has 0 saturated carbocycles. The molecule has 1 saturated heterocycles. The highest BCUT2D eigenvalue weighted by Gasteiger charge is 2.32. The smallest absolute Gasteiger partial charge is 0.381 e. The van der Waals surface area contributed by atoms with Crippen LogP contribution in [-0.4, -0.2) is 38.3 Å². The van der Waals surface area contributed by atoms with E-state index in [2.05, 4.69) is 10.3 Å². The van der Waals surface area contributed by atoms with Crippen LogP contribution in [0.1, 0.15) is 18.4 Å². The third-order valence-corrected chi connectivity index (χ3v) is 3.49. The number of nitrogens with one attached hydrogen (secondary N) is 1. The Morgan fingerprint density at radius 2 is 1.95 bits per heavy atom. The highest BCUT2D eigenvalue weighted by atomic mass is 19.4. The Hall–Kier alpha value is -1.50. The fraction of sp³-hybridized carbons (Fsp3) is 0.615. The van der Waals surface area contributed by atoms with Crippen molar-refractivity contribution in [3.8, 4) is 0 Å². The molecule has 0 spiro atoms. The van der Waals surface area contributed by atoms with Crippen LogP contribution in [-0.2, 0) is 10.9 Å². The minimum absolute atomic E-state index is 0.181. The van der Waals surface area contributed by atoms with Crippen molar-refractivity contribution >= 4 is 11.6 Å². The van der Waals surface area contributed by atoms with Crippen LogP contribution in [0, 0.1) is 0 Å². The van der Waals surface area contributed by atoms with Crippen molar-refractivity contribution in [1.82, 2.24) is 4.98 Å². The number of alkyl halides is 3. The number of piperidine rings is 1. The molecule has 0 amide bonds. The second kappa shape index (κ2) is 5.87. The van der Waals surface area contributed by atoms with Gasteiger partial charge in [-0.15, -0.1) is 0 Å². The van der Waals surface area contributed by atoms with Gasteiger partial charge in [-0.3, -0.25) is 0 Å². The minimum atomic E-state index is -4.37. The van der Waals surface area contributed by atoms with Gasteiger partial charge in [-0.25, -0.2) is 4.98 Å². The van der Waals surface area contributed by atoms with Crippen molar-refractivity contribution in [2.75, 3.05) is 37.5 Å². The maximum Gasteiger partial charge on any atom is 0.416 e. The zero-order chi connectivity index (χ0) is 14.8. The van der Waals surface area contributed by atoms with Crippen LogP contribution in [0.2, 0.25) is 0 Å². The molecule has 0 radical (unpaired) electrons. The van der Waals surface area contributed by atoms with Crippen LogP contribution in [0.25, 0.3) is 0 Å². The fourth-order valence-corrected chi connectivity index (χ4v) is 2.29. The van der Waals surface area contributed by atoms with Gasteiger partial charge in [0.15, 0.2) is 0 Å². The Bertz CT molecular complexity index is 457. The molecule has 1 aromatic heterocycles. The normalized spacial score (nSPS) is 17.4. The second-order valence-electron chi connectivity index (χ2n) is 4.77. The first-order chi connectivity index (χ1) is 9.44. The van der Waals surface area contributed by atoms with Crippen molar-refractivity contribution in [3.63, 3.8) is 0 Å². The molecule has 0 unspecified atom stereocenters. The molecule has 20 heavy (non-hydrogen) atoms. The number of hydrogen-bond donors (Lipinski definition) is 1. The van der Waals surface area contributed by atoms with Crippen LogP contribution in [0.3, 0.4) is 0 Å². The number of aromatic nitrogens is 1. The van der Waals surface area contributed by atoms with E-state index >= 15 is 0 Å². The van der Waals surface area contributed by atoms with Gasteiger partial charge in [0.2, 0.25) is 0 Å². The molecule has 1 aliphatic heterocycles. The highest BCUT2D eigenvalue weighted by molar-refractivity contribution is 5.51. The summed E-state index contributed by atoms with van der Waals surface area (Å²) >= 11 is 0. The minimum Gasteiger partial charge on any atom is -0.381 e. The van der Waals surface area contributed by atoms with Crippen molar-refractivity contribution < 1.29 is 17.9 Å². The molecular formula is C13H18F3N3O. The lowest BCUT2D eigenvalue weighted by Gasteiger charge is -2.32. The van der Waals surface area contributed by atoms with Crippen molar-refractivity contribution in [2.45, 2.75) is 25.1 Å². The number of hydrogen-bond acceptors (Lipinski definition) is 4. The topological polar surface area (TPSA) is 37.4 Å². The summed E-state index contributed by atoms with van der Waals surface area (Å²) in [6.45, 7) is 1.30. The van der Waals surface area contributed by atoms with Gasteiger partial charge >= 0.3 is 6.18 Å². The lowest BCUT2D eigenvalue weighted by atomic mass is 10.1. The second-order valence-corrected chi connectivity index (χ2v) is 4.77. The van der Waals surface area contributed by atoms with Crippen LogP contribution in [0.15, 0.2) is 12.1 Å². The number of rotatable bonds is 3. The standard InChI is InChI=1S/C13H18F3N3O/c1-17-11-7-9(13(14,15)16)8-12(18-11)19-5-3-10(20-2)4-6-19/h7-8,10H,3-6H2,1-2H3,(H,17,18). The Kier molecular flexibility index (Phi) is 4.37. The molecule has 112 valence electrons. The summed E-state index contributed by atoms with van der Waals surface area (Å²) in [5.74, 6) is 0.586. The number of pyridine rings is 1. The Balaban J connectivity index is 2.23. The van der Waals surface area contributed by atoms with E-state index in [0.717, 1.165) is 25.0 Å². The van der Waals surface area contributed by atoms with Crippen molar-refractivity contribution in [2.24, 2.45) is 0 Å². The molecule has 0 atom stereocenters. The first-order valence-corrected chi connectivity index (χ1v) is 6.49. The van der Waals surface area contributed by atoms with Crippen LogP contribution in [0.4, 0.5) is 24.8 Å². The average molecular weight is 289 g/mol. The molecule has 0 bridgehead atoms. The highest BCUT2D eigenvalue weighted by Crippen LogP contribution is 2.33. The molecule has 7 heteroatoms. The molecule has 1 aliphatic rings. The zero-order valence-electron chi connectivity index (χ0n) is 11.5. The van der Waals surface area contributed by atoms with Crippen molar-refractivity contribution in [1.29, 1.82) is 0 Å². The molecular weight excluding hydrogens is 271 g/mol. The van der Waals surface area contributed by atoms with Gasteiger partial charge in [-0.05, 0) is 25.0 Å². The van der Waals surface area contributed by atoms with E-state index in [4.69, 9.17) is 4.74 Å². The maximum absolute atomic E-state index is 12.9. The third kappa shape index (κ3) is 3.33. The number of ether oxygens (including phenoxy) is 1. The average Bonchev–Trinajstić information content (AvgIpc) is 2.46. The summed E-state index contributed by atoms with van der Waals surface area (Å²) in [7, 11) is 3.21. The Morgan fingerprint density at radius 1 is 1.30 bits per heavy atom. The van der Waals surface area contributed by atoms with E-state index in [-0.39, 0.29) is 11.9 Å². The quantitative estimate of drug-likeness (QED) is 0.928. The summed E-state index contributed by atoms with van der Waals surface area (Å²) in [6, 6.07) is 2.12. The van der Waals surface area contributed by atoms with Gasteiger partial charge in [-0.1, -0.05) is 0 Å². The van der Waals surface area contributed by atoms with E-state index in [0.29, 0.717) is 18.9 Å². The maximum atomic E-state index is 12.9. The van der Waals surface area contributed by atoms with Crippen LogP contribution >= 0.6 is 0 Å². The summed E-state index contributed by atoms with van der Waals surface area (Å²) < 4.78 is 43.9. The van der Waals surface area contributed by atoms with E-state index in [1.54, 1.807) is 14.2 Å². The Labute approximate surface area is 115 Å². The zero-order valence-corrected chi connectivity index (χ0v) is 11.5. The largest absolute Gasteiger partial charge is 0.416 e. The summed E-state index contributed by atoms with van der Waals surface area (Å²) in [4.78, 5) is 6.08. The summed E-state index contributed by atoms with van der Waals surface area (Å²) in [5.41, 5.74) is -0.680. The van der Waals surface area contributed by atoms with Gasteiger partial charge in [0.05, 0.1) is 11.7 Å². The van der Waals surface area contributed by atoms with Gasteiger partial charge in [0, 0.05) is 27.2 Å². The summed E-state index contributed by atoms with van der Waals surface area (Å²) in [6.07, 6.45) is -2.60. The van der Waals surface area contributed by atoms with Gasteiger partial charge in [-0.2, -0.15) is 13.2 Å². The number of halogens is 3. The van der Waals surface area contributed by atoms with E-state index in [1.165, 1.54) is 0 Å². The van der Waals surface area contributed by atoms with E-state index in [9.17, 15) is 13.2 Å². The third-order valence-electron chi connectivity index (χ3n) is 3.49. The lowest BCUT2D eigenvalue weighted by molar-refractivity contribution is -0.137. The predicted molar refractivity (Wildman–Crippen MR) is 71.0 cm³/mol. The summed E-state index contributed by atoms with van der Waals surface area (Å²) in [5, 5.41) is 2.68.